The summed E-state index contributed by atoms with van der Waals surface area (Å²) in [5, 5.41) is 3.15. The van der Waals surface area contributed by atoms with Gasteiger partial charge in [-0.2, -0.15) is 0 Å². The summed E-state index contributed by atoms with van der Waals surface area (Å²) in [4.78, 5) is 13.2. The molecule has 0 heterocycles. The van der Waals surface area contributed by atoms with Gasteiger partial charge in [0.15, 0.2) is 0 Å². The van der Waals surface area contributed by atoms with E-state index in [0.717, 1.165) is 5.56 Å². The van der Waals surface area contributed by atoms with Crippen LogP contribution in [0.2, 0.25) is 0 Å². The molecule has 0 spiro atoms. The molecule has 0 aliphatic rings. The molecule has 0 fully saturated rings. The Bertz CT molecular complexity index is 393. The molecular weight excluding hydrogens is 219 g/mol. The Morgan fingerprint density at radius 3 is 2.53 bits per heavy atom. The fourth-order valence-corrected chi connectivity index (χ4v) is 1.71. The van der Waals surface area contributed by atoms with Crippen molar-refractivity contribution in [2.75, 3.05) is 14.1 Å². The van der Waals surface area contributed by atoms with Crippen LogP contribution in [0.15, 0.2) is 24.3 Å². The second-order valence-electron chi connectivity index (χ2n) is 4.40. The Balaban J connectivity index is 2.66. The molecule has 2 atom stereocenters. The average Bonchev–Trinajstić information content (AvgIpc) is 2.27. The van der Waals surface area contributed by atoms with Crippen molar-refractivity contribution in [1.29, 1.82) is 0 Å². The number of nitrogens with one attached hydrogen (secondary N) is 1. The molecule has 0 aromatic heterocycles. The highest BCUT2D eigenvalue weighted by Crippen LogP contribution is 2.14. The smallest absolute Gasteiger partial charge is 0.238 e. The highest BCUT2D eigenvalue weighted by Gasteiger charge is 2.17. The quantitative estimate of drug-likeness (QED) is 0.869. The van der Waals surface area contributed by atoms with Crippen molar-refractivity contribution >= 4 is 5.91 Å². The second-order valence-corrected chi connectivity index (χ2v) is 4.40. The molecule has 1 unspecified atom stereocenters. The molecule has 1 amide bonds. The first kappa shape index (κ1) is 13.6. The summed E-state index contributed by atoms with van der Waals surface area (Å²) in [5.41, 5.74) is 0.836. The minimum absolute atomic E-state index is 0.00764. The number of amides is 1. The van der Waals surface area contributed by atoms with Crippen LogP contribution in [0.5, 0.6) is 0 Å². The molecule has 0 bridgehead atoms. The highest BCUT2D eigenvalue weighted by molar-refractivity contribution is 5.80. The summed E-state index contributed by atoms with van der Waals surface area (Å²) in [6.45, 7) is 3.71. The molecule has 94 valence electrons. The third kappa shape index (κ3) is 3.82. The lowest BCUT2D eigenvalue weighted by Crippen LogP contribution is -2.42. The van der Waals surface area contributed by atoms with Crippen LogP contribution < -0.4 is 5.32 Å². The van der Waals surface area contributed by atoms with Crippen molar-refractivity contribution in [3.8, 4) is 0 Å². The predicted octanol–water partition coefficient (Wildman–Crippen LogP) is 1.95. The first-order chi connectivity index (χ1) is 7.91. The van der Waals surface area contributed by atoms with Crippen molar-refractivity contribution < 1.29 is 9.18 Å². The number of rotatable bonds is 4. The van der Waals surface area contributed by atoms with E-state index >= 15 is 0 Å². The van der Waals surface area contributed by atoms with Crippen molar-refractivity contribution in [2.24, 2.45) is 0 Å². The molecule has 0 saturated heterocycles. The maximum atomic E-state index is 13.0. The normalized spacial score (nSPS) is 14.2. The van der Waals surface area contributed by atoms with E-state index in [4.69, 9.17) is 0 Å². The van der Waals surface area contributed by atoms with E-state index in [1.54, 1.807) is 27.1 Å². The van der Waals surface area contributed by atoms with Gasteiger partial charge in [0.25, 0.3) is 0 Å². The van der Waals surface area contributed by atoms with E-state index in [0.29, 0.717) is 0 Å². The number of carbonyl (C=O) groups excluding carboxylic acids is 1. The van der Waals surface area contributed by atoms with Crippen molar-refractivity contribution in [3.63, 3.8) is 0 Å². The SMILES string of the molecule is CC(N[C@@H](C)c1cccc(F)c1)C(=O)N(C)C. The lowest BCUT2D eigenvalue weighted by molar-refractivity contribution is -0.130. The van der Waals surface area contributed by atoms with Gasteiger partial charge in [-0.15, -0.1) is 0 Å². The van der Waals surface area contributed by atoms with Gasteiger partial charge in [-0.05, 0) is 31.5 Å². The Morgan fingerprint density at radius 2 is 2.00 bits per heavy atom. The molecule has 0 radical (unpaired) electrons. The van der Waals surface area contributed by atoms with E-state index in [2.05, 4.69) is 5.32 Å². The van der Waals surface area contributed by atoms with Gasteiger partial charge >= 0.3 is 0 Å². The predicted molar refractivity (Wildman–Crippen MR) is 66.1 cm³/mol. The van der Waals surface area contributed by atoms with Crippen LogP contribution in [0.3, 0.4) is 0 Å². The Labute approximate surface area is 102 Å². The zero-order valence-corrected chi connectivity index (χ0v) is 10.7. The molecule has 0 aliphatic carbocycles. The van der Waals surface area contributed by atoms with Crippen molar-refractivity contribution in [3.05, 3.63) is 35.6 Å². The van der Waals surface area contributed by atoms with Crippen LogP contribution in [0.25, 0.3) is 0 Å². The van der Waals surface area contributed by atoms with Gasteiger partial charge < -0.3 is 4.90 Å². The number of carbonyl (C=O) groups is 1. The molecule has 0 saturated carbocycles. The molecule has 4 heteroatoms. The number of halogens is 1. The van der Waals surface area contributed by atoms with Crippen LogP contribution in [0, 0.1) is 5.82 Å². The van der Waals surface area contributed by atoms with Crippen LogP contribution in [-0.4, -0.2) is 30.9 Å². The van der Waals surface area contributed by atoms with Gasteiger partial charge in [0, 0.05) is 20.1 Å². The van der Waals surface area contributed by atoms with E-state index in [1.165, 1.54) is 17.0 Å². The number of nitrogens with zero attached hydrogens (tertiary/aromatic N) is 1. The van der Waals surface area contributed by atoms with Gasteiger partial charge in [0.05, 0.1) is 6.04 Å². The first-order valence-corrected chi connectivity index (χ1v) is 5.64. The zero-order valence-electron chi connectivity index (χ0n) is 10.7. The third-order valence-electron chi connectivity index (χ3n) is 2.66. The molecule has 1 aromatic rings. The monoisotopic (exact) mass is 238 g/mol. The largest absolute Gasteiger partial charge is 0.347 e. The van der Waals surface area contributed by atoms with Gasteiger partial charge in [0.1, 0.15) is 5.82 Å². The molecule has 3 nitrogen and oxygen atoms in total. The molecule has 1 N–H and O–H groups in total. The van der Waals surface area contributed by atoms with Crippen molar-refractivity contribution in [1.82, 2.24) is 10.2 Å². The first-order valence-electron chi connectivity index (χ1n) is 5.64. The molecule has 1 rings (SSSR count). The molecule has 0 aliphatic heterocycles. The third-order valence-corrected chi connectivity index (χ3v) is 2.66. The van der Waals surface area contributed by atoms with Crippen LogP contribution in [-0.2, 0) is 4.79 Å². The standard InChI is InChI=1S/C13H19FN2O/c1-9(11-6-5-7-12(14)8-11)15-10(2)13(17)16(3)4/h5-10,15H,1-4H3/t9-,10?/m0/s1. The maximum Gasteiger partial charge on any atom is 0.238 e. The van der Waals surface area contributed by atoms with E-state index < -0.39 is 0 Å². The maximum absolute atomic E-state index is 13.0. The summed E-state index contributed by atoms with van der Waals surface area (Å²) in [6.07, 6.45) is 0. The van der Waals surface area contributed by atoms with Crippen molar-refractivity contribution in [2.45, 2.75) is 25.9 Å². The highest BCUT2D eigenvalue weighted by atomic mass is 19.1. The van der Waals surface area contributed by atoms with Gasteiger partial charge in [0.2, 0.25) is 5.91 Å². The van der Waals surface area contributed by atoms with Crippen LogP contribution in [0.1, 0.15) is 25.5 Å². The number of benzene rings is 1. The summed E-state index contributed by atoms with van der Waals surface area (Å²) >= 11 is 0. The topological polar surface area (TPSA) is 32.3 Å². The van der Waals surface area contributed by atoms with E-state index in [1.807, 2.05) is 13.0 Å². The fraction of sp³-hybridized carbons (Fsp3) is 0.462. The van der Waals surface area contributed by atoms with Gasteiger partial charge in [-0.3, -0.25) is 10.1 Å². The van der Waals surface area contributed by atoms with Crippen LogP contribution >= 0.6 is 0 Å². The van der Waals surface area contributed by atoms with Gasteiger partial charge in [-0.1, -0.05) is 12.1 Å². The lowest BCUT2D eigenvalue weighted by Gasteiger charge is -2.22. The number of hydrogen-bond acceptors (Lipinski definition) is 2. The fourth-order valence-electron chi connectivity index (χ4n) is 1.71. The molecular formula is C13H19FN2O. The number of likely N-dealkylation sites (N-methyl/N-ethyl adjacent to an activating group) is 1. The number of hydrogen-bond donors (Lipinski definition) is 1. The average molecular weight is 238 g/mol. The van der Waals surface area contributed by atoms with Gasteiger partial charge in [-0.25, -0.2) is 4.39 Å². The Kier molecular flexibility index (Phi) is 4.63. The second kappa shape index (κ2) is 5.77. The van der Waals surface area contributed by atoms with E-state index in [9.17, 15) is 9.18 Å². The summed E-state index contributed by atoms with van der Waals surface area (Å²) < 4.78 is 13.0. The zero-order chi connectivity index (χ0) is 13.0. The minimum Gasteiger partial charge on any atom is -0.347 e. The molecule has 1 aromatic carbocycles. The Morgan fingerprint density at radius 1 is 1.35 bits per heavy atom. The van der Waals surface area contributed by atoms with Crippen LogP contribution in [0.4, 0.5) is 4.39 Å². The van der Waals surface area contributed by atoms with E-state index in [-0.39, 0.29) is 23.8 Å². The summed E-state index contributed by atoms with van der Waals surface area (Å²) in [7, 11) is 3.43. The summed E-state index contributed by atoms with van der Waals surface area (Å²) in [6, 6.07) is 6.04. The lowest BCUT2D eigenvalue weighted by atomic mass is 10.1. The summed E-state index contributed by atoms with van der Waals surface area (Å²) in [5.74, 6) is -0.254. The minimum atomic E-state index is -0.289. The molecule has 17 heavy (non-hydrogen) atoms. The Hall–Kier alpha value is -1.42.